The van der Waals surface area contributed by atoms with Gasteiger partial charge >= 0.3 is 0 Å². The standard InChI is InChI=1S/C8H6ClN3O/c1-2-3-8(13)10-7-5-4-6(9)11-12-7/h1,4-5H,3H2,(H,10,12,13). The fourth-order valence-corrected chi connectivity index (χ4v) is 0.763. The normalized spacial score (nSPS) is 8.92. The Hall–Kier alpha value is -1.60. The molecule has 1 N–H and O–H groups in total. The molecule has 0 bridgehead atoms. The summed E-state index contributed by atoms with van der Waals surface area (Å²) in [7, 11) is 0. The van der Waals surface area contributed by atoms with Crippen molar-refractivity contribution in [3.05, 3.63) is 17.3 Å². The first-order valence-corrected chi connectivity index (χ1v) is 3.82. The van der Waals surface area contributed by atoms with Gasteiger partial charge in [0.15, 0.2) is 11.0 Å². The van der Waals surface area contributed by atoms with Gasteiger partial charge in [-0.1, -0.05) is 17.5 Å². The molecule has 1 heterocycles. The summed E-state index contributed by atoms with van der Waals surface area (Å²) in [4.78, 5) is 10.9. The number of nitrogens with one attached hydrogen (secondary N) is 1. The summed E-state index contributed by atoms with van der Waals surface area (Å²) in [6.07, 6.45) is 4.96. The van der Waals surface area contributed by atoms with Crippen molar-refractivity contribution in [2.45, 2.75) is 6.42 Å². The van der Waals surface area contributed by atoms with Gasteiger partial charge in [-0.05, 0) is 12.1 Å². The van der Waals surface area contributed by atoms with E-state index < -0.39 is 0 Å². The van der Waals surface area contributed by atoms with Crippen molar-refractivity contribution in [2.24, 2.45) is 0 Å². The molecule has 0 saturated carbocycles. The maximum Gasteiger partial charge on any atom is 0.237 e. The Bertz CT molecular complexity index is 341. The minimum atomic E-state index is -0.292. The molecule has 1 amide bonds. The highest BCUT2D eigenvalue weighted by molar-refractivity contribution is 6.29. The van der Waals surface area contributed by atoms with Crippen LogP contribution < -0.4 is 5.32 Å². The molecular formula is C8H6ClN3O. The van der Waals surface area contributed by atoms with Crippen LogP contribution in [-0.2, 0) is 4.79 Å². The number of hydrogen-bond acceptors (Lipinski definition) is 3. The van der Waals surface area contributed by atoms with E-state index in [4.69, 9.17) is 18.0 Å². The van der Waals surface area contributed by atoms with Gasteiger partial charge in [0.05, 0.1) is 6.42 Å². The van der Waals surface area contributed by atoms with Crippen LogP contribution in [-0.4, -0.2) is 16.1 Å². The van der Waals surface area contributed by atoms with E-state index >= 15 is 0 Å². The molecule has 0 aliphatic rings. The minimum absolute atomic E-state index is 0.0182. The summed E-state index contributed by atoms with van der Waals surface area (Å²) in [6.45, 7) is 0. The van der Waals surface area contributed by atoms with Crippen LogP contribution in [0.1, 0.15) is 6.42 Å². The third-order valence-electron chi connectivity index (χ3n) is 1.16. The number of amides is 1. The largest absolute Gasteiger partial charge is 0.308 e. The number of terminal acetylenes is 1. The zero-order valence-electron chi connectivity index (χ0n) is 6.62. The molecule has 66 valence electrons. The molecule has 0 aliphatic heterocycles. The number of nitrogens with zero attached hydrogens (tertiary/aromatic N) is 2. The Kier molecular flexibility index (Phi) is 3.23. The van der Waals surface area contributed by atoms with E-state index in [1.54, 1.807) is 6.07 Å². The van der Waals surface area contributed by atoms with E-state index in [0.29, 0.717) is 5.82 Å². The maximum atomic E-state index is 10.9. The van der Waals surface area contributed by atoms with Crippen LogP contribution in [0, 0.1) is 12.3 Å². The summed E-state index contributed by atoms with van der Waals surface area (Å²) in [5.74, 6) is 2.26. The molecule has 0 radical (unpaired) electrons. The number of anilines is 1. The number of halogens is 1. The molecule has 0 fully saturated rings. The predicted octanol–water partition coefficient (Wildman–Crippen LogP) is 1.09. The average molecular weight is 196 g/mol. The molecule has 0 aromatic carbocycles. The van der Waals surface area contributed by atoms with Crippen LogP contribution in [0.4, 0.5) is 5.82 Å². The molecule has 13 heavy (non-hydrogen) atoms. The quantitative estimate of drug-likeness (QED) is 0.719. The molecule has 4 nitrogen and oxygen atoms in total. The van der Waals surface area contributed by atoms with Crippen LogP contribution in [0.2, 0.25) is 5.15 Å². The summed E-state index contributed by atoms with van der Waals surface area (Å²) < 4.78 is 0. The topological polar surface area (TPSA) is 54.9 Å². The fraction of sp³-hybridized carbons (Fsp3) is 0.125. The van der Waals surface area contributed by atoms with E-state index in [2.05, 4.69) is 21.4 Å². The van der Waals surface area contributed by atoms with Crippen molar-refractivity contribution in [2.75, 3.05) is 5.32 Å². The molecule has 0 atom stereocenters. The molecule has 1 aromatic rings. The molecule has 1 aromatic heterocycles. The lowest BCUT2D eigenvalue weighted by Crippen LogP contribution is -2.11. The highest BCUT2D eigenvalue weighted by atomic mass is 35.5. The van der Waals surface area contributed by atoms with Gasteiger partial charge in [0.2, 0.25) is 5.91 Å². The summed E-state index contributed by atoms with van der Waals surface area (Å²) >= 11 is 5.49. The van der Waals surface area contributed by atoms with E-state index in [0.717, 1.165) is 0 Å². The van der Waals surface area contributed by atoms with Crippen LogP contribution in [0.15, 0.2) is 12.1 Å². The first kappa shape index (κ1) is 9.49. The monoisotopic (exact) mass is 195 g/mol. The first-order chi connectivity index (χ1) is 6.22. The molecular weight excluding hydrogens is 190 g/mol. The average Bonchev–Trinajstić information content (AvgIpc) is 2.09. The number of aromatic nitrogens is 2. The number of hydrogen-bond donors (Lipinski definition) is 1. The zero-order valence-corrected chi connectivity index (χ0v) is 7.38. The zero-order chi connectivity index (χ0) is 9.68. The third-order valence-corrected chi connectivity index (χ3v) is 1.36. The Morgan fingerprint density at radius 3 is 2.92 bits per heavy atom. The second-order valence-corrected chi connectivity index (χ2v) is 2.56. The van der Waals surface area contributed by atoms with Gasteiger partial charge in [-0.2, -0.15) is 0 Å². The van der Waals surface area contributed by atoms with Crippen molar-refractivity contribution >= 4 is 23.3 Å². The predicted molar refractivity (Wildman–Crippen MR) is 49.1 cm³/mol. The molecule has 1 rings (SSSR count). The van der Waals surface area contributed by atoms with E-state index in [9.17, 15) is 4.79 Å². The smallest absolute Gasteiger partial charge is 0.237 e. The Morgan fingerprint density at radius 2 is 2.38 bits per heavy atom. The molecule has 0 saturated heterocycles. The van der Waals surface area contributed by atoms with Gasteiger partial charge < -0.3 is 5.32 Å². The highest BCUT2D eigenvalue weighted by Gasteiger charge is 2.00. The van der Waals surface area contributed by atoms with Crippen molar-refractivity contribution in [1.82, 2.24) is 10.2 Å². The Labute approximate surface area is 80.3 Å². The lowest BCUT2D eigenvalue weighted by Gasteiger charge is -1.99. The third kappa shape index (κ3) is 3.09. The Balaban J connectivity index is 2.60. The first-order valence-electron chi connectivity index (χ1n) is 3.45. The molecule has 0 spiro atoms. The van der Waals surface area contributed by atoms with Crippen LogP contribution in [0.5, 0.6) is 0 Å². The van der Waals surface area contributed by atoms with E-state index in [1.165, 1.54) is 6.07 Å². The lowest BCUT2D eigenvalue weighted by molar-refractivity contribution is -0.115. The maximum absolute atomic E-state index is 10.9. The van der Waals surface area contributed by atoms with Crippen molar-refractivity contribution in [3.8, 4) is 12.3 Å². The van der Waals surface area contributed by atoms with Crippen LogP contribution in [0.25, 0.3) is 0 Å². The number of carbonyl (C=O) groups is 1. The summed E-state index contributed by atoms with van der Waals surface area (Å²) in [5.41, 5.74) is 0. The van der Waals surface area contributed by atoms with Gasteiger partial charge in [0.25, 0.3) is 0 Å². The number of carbonyl (C=O) groups excluding carboxylic acids is 1. The van der Waals surface area contributed by atoms with Crippen molar-refractivity contribution in [3.63, 3.8) is 0 Å². The van der Waals surface area contributed by atoms with Gasteiger partial charge in [-0.15, -0.1) is 16.6 Å². The van der Waals surface area contributed by atoms with Gasteiger partial charge in [-0.3, -0.25) is 4.79 Å². The summed E-state index contributed by atoms with van der Waals surface area (Å²) in [6, 6.07) is 3.07. The van der Waals surface area contributed by atoms with E-state index in [1.807, 2.05) is 0 Å². The molecule has 0 unspecified atom stereocenters. The van der Waals surface area contributed by atoms with E-state index in [-0.39, 0.29) is 17.5 Å². The lowest BCUT2D eigenvalue weighted by atomic mass is 10.4. The van der Waals surface area contributed by atoms with Crippen LogP contribution >= 0.6 is 11.6 Å². The van der Waals surface area contributed by atoms with Gasteiger partial charge in [0.1, 0.15) is 0 Å². The Morgan fingerprint density at radius 1 is 1.62 bits per heavy atom. The minimum Gasteiger partial charge on any atom is -0.308 e. The van der Waals surface area contributed by atoms with Crippen LogP contribution in [0.3, 0.4) is 0 Å². The second-order valence-electron chi connectivity index (χ2n) is 2.17. The molecule has 0 aliphatic carbocycles. The second kappa shape index (κ2) is 4.43. The fourth-order valence-electron chi connectivity index (χ4n) is 0.662. The molecule has 5 heteroatoms. The highest BCUT2D eigenvalue weighted by Crippen LogP contribution is 2.05. The number of rotatable bonds is 2. The SMILES string of the molecule is C#CCC(=O)Nc1ccc(Cl)nn1. The van der Waals surface area contributed by atoms with Gasteiger partial charge in [0, 0.05) is 0 Å². The van der Waals surface area contributed by atoms with Crippen molar-refractivity contribution in [1.29, 1.82) is 0 Å². The van der Waals surface area contributed by atoms with Crippen molar-refractivity contribution < 1.29 is 4.79 Å². The van der Waals surface area contributed by atoms with Gasteiger partial charge in [-0.25, -0.2) is 0 Å². The summed E-state index contributed by atoms with van der Waals surface area (Å²) in [5, 5.41) is 9.89.